The van der Waals surface area contributed by atoms with Gasteiger partial charge in [-0.2, -0.15) is 0 Å². The fourth-order valence-corrected chi connectivity index (χ4v) is 9.05. The normalized spacial score (nSPS) is 26.6. The van der Waals surface area contributed by atoms with Gasteiger partial charge in [0.25, 0.3) is 11.8 Å². The molecular formula is C46H46Cl4N2O8. The molecule has 2 aliphatic heterocycles. The Morgan fingerprint density at radius 2 is 0.933 bits per heavy atom. The first-order chi connectivity index (χ1) is 28.6. The maximum absolute atomic E-state index is 13.4. The fourth-order valence-electron chi connectivity index (χ4n) is 8.40. The number of amides is 2. The van der Waals surface area contributed by atoms with Crippen LogP contribution in [-0.2, 0) is 39.7 Å². The molecule has 60 heavy (non-hydrogen) atoms. The van der Waals surface area contributed by atoms with Gasteiger partial charge in [-0.05, 0) is 122 Å². The van der Waals surface area contributed by atoms with Crippen LogP contribution < -0.4 is 0 Å². The van der Waals surface area contributed by atoms with Crippen LogP contribution in [-0.4, -0.2) is 69.1 Å². The van der Waals surface area contributed by atoms with E-state index in [9.17, 15) is 29.4 Å². The molecule has 14 heteroatoms. The predicted molar refractivity (Wildman–Crippen MR) is 229 cm³/mol. The van der Waals surface area contributed by atoms with E-state index < -0.39 is 47.4 Å². The van der Waals surface area contributed by atoms with E-state index in [-0.39, 0.29) is 24.7 Å². The van der Waals surface area contributed by atoms with E-state index in [2.05, 4.69) is 0 Å². The van der Waals surface area contributed by atoms with Crippen LogP contribution in [0.2, 0.25) is 20.1 Å². The summed E-state index contributed by atoms with van der Waals surface area (Å²) in [5.74, 6) is -1.88. The molecule has 4 aromatic carbocycles. The first kappa shape index (κ1) is 43.9. The summed E-state index contributed by atoms with van der Waals surface area (Å²) in [6, 6.07) is 29.4. The van der Waals surface area contributed by atoms with Crippen molar-refractivity contribution in [2.75, 3.05) is 13.1 Å². The summed E-state index contributed by atoms with van der Waals surface area (Å²) >= 11 is 24.7. The quantitative estimate of drug-likeness (QED) is 0.144. The summed E-state index contributed by atoms with van der Waals surface area (Å²) in [6.45, 7) is 5.07. The van der Waals surface area contributed by atoms with Gasteiger partial charge in [-0.1, -0.05) is 94.9 Å². The van der Waals surface area contributed by atoms with Crippen molar-refractivity contribution in [1.29, 1.82) is 0 Å². The molecule has 2 saturated heterocycles. The molecule has 6 atom stereocenters. The van der Waals surface area contributed by atoms with E-state index in [4.69, 9.17) is 55.9 Å². The molecule has 2 saturated carbocycles. The summed E-state index contributed by atoms with van der Waals surface area (Å²) in [5.41, 5.74) is 1.65. The zero-order chi connectivity index (χ0) is 42.9. The van der Waals surface area contributed by atoms with Crippen molar-refractivity contribution < 1.29 is 38.9 Å². The lowest BCUT2D eigenvalue weighted by Gasteiger charge is -2.52. The van der Waals surface area contributed by atoms with Gasteiger partial charge in [0, 0.05) is 33.2 Å². The maximum Gasteiger partial charge on any atom is 0.306 e. The molecule has 0 aromatic heterocycles. The third-order valence-electron chi connectivity index (χ3n) is 12.0. The average molecular weight is 897 g/mol. The lowest BCUT2D eigenvalue weighted by molar-refractivity contribution is -0.195. The lowest BCUT2D eigenvalue weighted by Crippen LogP contribution is -2.61. The highest BCUT2D eigenvalue weighted by molar-refractivity contribution is 6.31. The smallest absolute Gasteiger partial charge is 0.306 e. The number of halogens is 4. The van der Waals surface area contributed by atoms with Crippen LogP contribution in [0.1, 0.15) is 86.8 Å². The second-order valence-electron chi connectivity index (χ2n) is 16.4. The summed E-state index contributed by atoms with van der Waals surface area (Å²) < 4.78 is 12.4. The number of rotatable bonds is 12. The minimum atomic E-state index is -1.07. The largest absolute Gasteiger partial charge is 0.481 e. The van der Waals surface area contributed by atoms with Crippen LogP contribution >= 0.6 is 46.4 Å². The van der Waals surface area contributed by atoms with Crippen LogP contribution in [0.3, 0.4) is 0 Å². The van der Waals surface area contributed by atoms with E-state index >= 15 is 0 Å². The Hall–Kier alpha value is -4.16. The van der Waals surface area contributed by atoms with E-state index in [1.54, 1.807) is 36.4 Å². The molecule has 8 rings (SSSR count). The summed E-state index contributed by atoms with van der Waals surface area (Å²) in [5, 5.41) is 21.0. The standard InChI is InChI=1S/2C23H23Cl2NO4/c2*1-23(16-7-9-17(24)10-8-16)21(15-3-2-4-18(25)11-15)30-19(12-20(27)28)22(29)26(23)13-14-5-6-14/h2*2-4,7-11,14,19,21H,5-6,12-13H2,1H3,(H,27,28)/t19-,21+,23+;19-,21-,23-/m01/s1. The van der Waals surface area contributed by atoms with E-state index in [1.165, 1.54) is 0 Å². The number of morpholine rings is 2. The van der Waals surface area contributed by atoms with Crippen molar-refractivity contribution in [3.8, 4) is 0 Å². The second kappa shape index (κ2) is 18.1. The van der Waals surface area contributed by atoms with Gasteiger partial charge in [-0.15, -0.1) is 0 Å². The Morgan fingerprint density at radius 1 is 0.583 bits per heavy atom. The highest BCUT2D eigenvalue weighted by Crippen LogP contribution is 2.51. The average Bonchev–Trinajstić information content (AvgIpc) is 4.15. The van der Waals surface area contributed by atoms with Crippen molar-refractivity contribution in [3.05, 3.63) is 139 Å². The second-order valence-corrected chi connectivity index (χ2v) is 18.2. The maximum atomic E-state index is 13.4. The number of carbonyl (C=O) groups is 4. The topological polar surface area (TPSA) is 134 Å². The highest BCUT2D eigenvalue weighted by Gasteiger charge is 2.55. The fraction of sp³-hybridized carbons (Fsp3) is 0.391. The molecule has 10 nitrogen and oxygen atoms in total. The summed E-state index contributed by atoms with van der Waals surface area (Å²) in [4.78, 5) is 53.3. The molecule has 0 radical (unpaired) electrons. The Labute approximate surface area is 369 Å². The molecule has 4 aliphatic rings. The molecule has 0 unspecified atom stereocenters. The van der Waals surface area contributed by atoms with Gasteiger partial charge in [-0.25, -0.2) is 0 Å². The number of benzene rings is 4. The number of carboxylic acids is 2. The molecule has 0 bridgehead atoms. The number of carboxylic acid groups (broad SMARTS) is 2. The first-order valence-corrected chi connectivity index (χ1v) is 21.5. The Kier molecular flexibility index (Phi) is 13.2. The number of hydrogen-bond donors (Lipinski definition) is 2. The molecule has 4 fully saturated rings. The molecule has 2 N–H and O–H groups in total. The van der Waals surface area contributed by atoms with E-state index in [0.29, 0.717) is 45.0 Å². The van der Waals surface area contributed by atoms with Crippen molar-refractivity contribution in [2.45, 2.75) is 87.9 Å². The van der Waals surface area contributed by atoms with Crippen LogP contribution in [0.15, 0.2) is 97.1 Å². The Bertz CT molecular complexity index is 2080. The van der Waals surface area contributed by atoms with Gasteiger partial charge in [0.1, 0.15) is 24.4 Å². The predicted octanol–water partition coefficient (Wildman–Crippen LogP) is 10.1. The van der Waals surface area contributed by atoms with Gasteiger partial charge >= 0.3 is 11.9 Å². The summed E-state index contributed by atoms with van der Waals surface area (Å²) in [6.07, 6.45) is 0.216. The van der Waals surface area contributed by atoms with Gasteiger partial charge < -0.3 is 29.5 Å². The third-order valence-corrected chi connectivity index (χ3v) is 13.0. The Morgan fingerprint density at radius 3 is 1.23 bits per heavy atom. The highest BCUT2D eigenvalue weighted by atomic mass is 35.5. The number of ether oxygens (including phenoxy) is 2. The summed E-state index contributed by atoms with van der Waals surface area (Å²) in [7, 11) is 0. The first-order valence-electron chi connectivity index (χ1n) is 20.0. The van der Waals surface area contributed by atoms with Gasteiger partial charge in [-0.3, -0.25) is 19.2 Å². The number of hydrogen-bond acceptors (Lipinski definition) is 6. The molecule has 316 valence electrons. The SMILES string of the molecule is C[C@@]1(c2ccc(Cl)cc2)[C@@H](c2cccc(Cl)c2)O[C@@H](CC(=O)O)C(=O)N1CC1CC1.C[C@@]1(c2ccc(Cl)cc2)[C@@H](c2cccc(Cl)c2)O[C@H](CC(=O)O)C(=O)N1CC1CC1. The van der Waals surface area contributed by atoms with Crippen molar-refractivity contribution in [3.63, 3.8) is 0 Å². The molecular weight excluding hydrogens is 850 g/mol. The Balaban J connectivity index is 0.000000181. The molecule has 0 spiro atoms. The minimum absolute atomic E-state index is 0.292. The molecule has 2 amide bonds. The molecule has 2 heterocycles. The molecule has 4 aromatic rings. The van der Waals surface area contributed by atoms with Gasteiger partial charge in [0.15, 0.2) is 0 Å². The zero-order valence-corrected chi connectivity index (χ0v) is 36.1. The van der Waals surface area contributed by atoms with Crippen LogP contribution in [0.4, 0.5) is 0 Å². The number of aliphatic carboxylic acids is 2. The van der Waals surface area contributed by atoms with E-state index in [1.807, 2.05) is 84.3 Å². The van der Waals surface area contributed by atoms with Crippen molar-refractivity contribution >= 4 is 70.2 Å². The van der Waals surface area contributed by atoms with Gasteiger partial charge in [0.2, 0.25) is 0 Å². The van der Waals surface area contributed by atoms with Crippen LogP contribution in [0.25, 0.3) is 0 Å². The molecule has 2 aliphatic carbocycles. The zero-order valence-electron chi connectivity index (χ0n) is 33.1. The lowest BCUT2D eigenvalue weighted by atomic mass is 9.78. The number of nitrogens with zero attached hydrogens (tertiary/aromatic N) is 2. The van der Waals surface area contributed by atoms with Gasteiger partial charge in [0.05, 0.1) is 23.9 Å². The monoisotopic (exact) mass is 894 g/mol. The van der Waals surface area contributed by atoms with Crippen LogP contribution in [0.5, 0.6) is 0 Å². The third kappa shape index (κ3) is 9.49. The van der Waals surface area contributed by atoms with Crippen molar-refractivity contribution in [2.24, 2.45) is 11.8 Å². The van der Waals surface area contributed by atoms with E-state index in [0.717, 1.165) is 47.9 Å². The minimum Gasteiger partial charge on any atom is -0.481 e. The van der Waals surface area contributed by atoms with Crippen molar-refractivity contribution in [1.82, 2.24) is 9.80 Å². The van der Waals surface area contributed by atoms with Crippen LogP contribution in [0, 0.1) is 11.8 Å². The number of carbonyl (C=O) groups excluding carboxylic acids is 2.